The van der Waals surface area contributed by atoms with Gasteiger partial charge in [0.15, 0.2) is 0 Å². The Morgan fingerprint density at radius 3 is 2.56 bits per heavy atom. The summed E-state index contributed by atoms with van der Waals surface area (Å²) < 4.78 is 10.3. The molecule has 18 heavy (non-hydrogen) atoms. The lowest BCUT2D eigenvalue weighted by molar-refractivity contribution is 0.0276. The number of phenolic OH excluding ortho intramolecular Hbond substituents is 2. The fourth-order valence-corrected chi connectivity index (χ4v) is 1.71. The van der Waals surface area contributed by atoms with Gasteiger partial charge in [0.1, 0.15) is 11.5 Å². The molecule has 2 unspecified atom stereocenters. The van der Waals surface area contributed by atoms with Crippen molar-refractivity contribution in [1.29, 1.82) is 0 Å². The average molecular weight is 255 g/mol. The van der Waals surface area contributed by atoms with Crippen LogP contribution < -0.4 is 5.32 Å². The number of rotatable bonds is 7. The van der Waals surface area contributed by atoms with Gasteiger partial charge < -0.3 is 25.0 Å². The highest BCUT2D eigenvalue weighted by atomic mass is 16.5. The number of aromatic hydroxyl groups is 2. The smallest absolute Gasteiger partial charge is 0.124 e. The molecule has 0 aliphatic rings. The summed E-state index contributed by atoms with van der Waals surface area (Å²) in [7, 11) is 3.26. The molecule has 0 heterocycles. The molecule has 0 amide bonds. The van der Waals surface area contributed by atoms with Crippen LogP contribution in [0.2, 0.25) is 0 Å². The summed E-state index contributed by atoms with van der Waals surface area (Å²) in [5.41, 5.74) is 0.736. The molecular weight excluding hydrogens is 234 g/mol. The van der Waals surface area contributed by atoms with E-state index >= 15 is 0 Å². The number of nitrogens with one attached hydrogen (secondary N) is 1. The van der Waals surface area contributed by atoms with E-state index in [0.717, 1.165) is 5.56 Å². The standard InChI is InChI=1S/C13H21NO4/c1-9(14-7-11(18-3)8-17-2)12-5-4-10(15)6-13(12)16/h4-6,9,11,14-16H,7-8H2,1-3H3. The van der Waals surface area contributed by atoms with Crippen LogP contribution in [0.25, 0.3) is 0 Å². The third-order valence-electron chi connectivity index (χ3n) is 2.82. The van der Waals surface area contributed by atoms with E-state index < -0.39 is 0 Å². The Hall–Kier alpha value is -1.30. The number of methoxy groups -OCH3 is 2. The van der Waals surface area contributed by atoms with Crippen molar-refractivity contribution < 1.29 is 19.7 Å². The van der Waals surface area contributed by atoms with E-state index in [1.807, 2.05) is 6.92 Å². The second-order valence-corrected chi connectivity index (χ2v) is 4.19. The quantitative estimate of drug-likeness (QED) is 0.687. The van der Waals surface area contributed by atoms with Crippen LogP contribution in [-0.4, -0.2) is 43.7 Å². The van der Waals surface area contributed by atoms with Crippen LogP contribution in [0, 0.1) is 0 Å². The first kappa shape index (κ1) is 14.8. The third-order valence-corrected chi connectivity index (χ3v) is 2.82. The highest BCUT2D eigenvalue weighted by Crippen LogP contribution is 2.27. The molecule has 1 rings (SSSR count). The Morgan fingerprint density at radius 2 is 2.00 bits per heavy atom. The molecule has 0 saturated heterocycles. The van der Waals surface area contributed by atoms with Crippen molar-refractivity contribution in [3.8, 4) is 11.5 Å². The summed E-state index contributed by atoms with van der Waals surface area (Å²) in [5.74, 6) is 0.133. The van der Waals surface area contributed by atoms with Gasteiger partial charge in [-0.25, -0.2) is 0 Å². The van der Waals surface area contributed by atoms with Gasteiger partial charge in [-0.15, -0.1) is 0 Å². The van der Waals surface area contributed by atoms with Crippen LogP contribution in [-0.2, 0) is 9.47 Å². The van der Waals surface area contributed by atoms with Gasteiger partial charge in [0.2, 0.25) is 0 Å². The number of phenols is 2. The molecule has 0 aromatic heterocycles. The second-order valence-electron chi connectivity index (χ2n) is 4.19. The molecule has 1 aromatic carbocycles. The number of hydrogen-bond donors (Lipinski definition) is 3. The van der Waals surface area contributed by atoms with E-state index in [4.69, 9.17) is 9.47 Å². The first-order valence-corrected chi connectivity index (χ1v) is 5.85. The number of benzene rings is 1. The Labute approximate surface area is 107 Å². The monoisotopic (exact) mass is 255 g/mol. The van der Waals surface area contributed by atoms with Crippen LogP contribution in [0.4, 0.5) is 0 Å². The van der Waals surface area contributed by atoms with Crippen molar-refractivity contribution in [2.24, 2.45) is 0 Å². The predicted molar refractivity (Wildman–Crippen MR) is 68.9 cm³/mol. The SMILES string of the molecule is COCC(CNC(C)c1ccc(O)cc1O)OC. The maximum absolute atomic E-state index is 9.73. The Bertz CT molecular complexity index is 370. The van der Waals surface area contributed by atoms with Gasteiger partial charge in [0.25, 0.3) is 0 Å². The molecule has 1 aromatic rings. The summed E-state index contributed by atoms with van der Waals surface area (Å²) in [4.78, 5) is 0. The summed E-state index contributed by atoms with van der Waals surface area (Å²) in [6.07, 6.45) is -0.0308. The van der Waals surface area contributed by atoms with E-state index in [0.29, 0.717) is 13.2 Å². The molecule has 0 aliphatic carbocycles. The van der Waals surface area contributed by atoms with Gasteiger partial charge in [-0.3, -0.25) is 0 Å². The molecule has 0 saturated carbocycles. The molecule has 2 atom stereocenters. The zero-order valence-electron chi connectivity index (χ0n) is 11.0. The van der Waals surface area contributed by atoms with Crippen LogP contribution in [0.3, 0.4) is 0 Å². The minimum Gasteiger partial charge on any atom is -0.508 e. The van der Waals surface area contributed by atoms with Gasteiger partial charge in [0, 0.05) is 38.4 Å². The zero-order chi connectivity index (χ0) is 13.5. The van der Waals surface area contributed by atoms with E-state index in [2.05, 4.69) is 5.32 Å². The summed E-state index contributed by atoms with van der Waals surface area (Å²) in [6, 6.07) is 4.53. The minimum absolute atomic E-state index is 0.0308. The van der Waals surface area contributed by atoms with Gasteiger partial charge in [-0.1, -0.05) is 6.07 Å². The van der Waals surface area contributed by atoms with E-state index in [1.54, 1.807) is 26.4 Å². The van der Waals surface area contributed by atoms with Gasteiger partial charge in [0.05, 0.1) is 12.7 Å². The average Bonchev–Trinajstić information content (AvgIpc) is 2.34. The van der Waals surface area contributed by atoms with Crippen molar-refractivity contribution >= 4 is 0 Å². The van der Waals surface area contributed by atoms with Gasteiger partial charge in [-0.2, -0.15) is 0 Å². The van der Waals surface area contributed by atoms with Crippen LogP contribution in [0.15, 0.2) is 18.2 Å². The Morgan fingerprint density at radius 1 is 1.28 bits per heavy atom. The summed E-state index contributed by atoms with van der Waals surface area (Å²) >= 11 is 0. The fraction of sp³-hybridized carbons (Fsp3) is 0.538. The maximum Gasteiger partial charge on any atom is 0.124 e. The van der Waals surface area contributed by atoms with E-state index in [1.165, 1.54) is 6.07 Å². The van der Waals surface area contributed by atoms with Crippen molar-refractivity contribution in [1.82, 2.24) is 5.32 Å². The van der Waals surface area contributed by atoms with E-state index in [-0.39, 0.29) is 23.6 Å². The minimum atomic E-state index is -0.0416. The van der Waals surface area contributed by atoms with Crippen molar-refractivity contribution in [2.45, 2.75) is 19.1 Å². The molecule has 3 N–H and O–H groups in total. The van der Waals surface area contributed by atoms with Gasteiger partial charge >= 0.3 is 0 Å². The second kappa shape index (κ2) is 7.20. The lowest BCUT2D eigenvalue weighted by atomic mass is 10.1. The molecular formula is C13H21NO4. The van der Waals surface area contributed by atoms with Crippen molar-refractivity contribution in [3.05, 3.63) is 23.8 Å². The lowest BCUT2D eigenvalue weighted by Crippen LogP contribution is -2.33. The molecule has 0 aliphatic heterocycles. The third kappa shape index (κ3) is 4.18. The van der Waals surface area contributed by atoms with Crippen LogP contribution in [0.1, 0.15) is 18.5 Å². The highest BCUT2D eigenvalue weighted by molar-refractivity contribution is 5.40. The number of hydrogen-bond acceptors (Lipinski definition) is 5. The molecule has 0 fully saturated rings. The molecule has 5 heteroatoms. The normalized spacial score (nSPS) is 14.4. The lowest BCUT2D eigenvalue weighted by Gasteiger charge is -2.20. The van der Waals surface area contributed by atoms with E-state index in [9.17, 15) is 10.2 Å². The van der Waals surface area contributed by atoms with Crippen LogP contribution >= 0.6 is 0 Å². The molecule has 0 spiro atoms. The Balaban J connectivity index is 2.56. The largest absolute Gasteiger partial charge is 0.508 e. The van der Waals surface area contributed by atoms with Crippen LogP contribution in [0.5, 0.6) is 11.5 Å². The molecule has 102 valence electrons. The maximum atomic E-state index is 9.73. The predicted octanol–water partition coefficient (Wildman–Crippen LogP) is 1.41. The first-order chi connectivity index (χ1) is 8.58. The summed E-state index contributed by atoms with van der Waals surface area (Å²) in [5, 5.41) is 22.2. The highest BCUT2D eigenvalue weighted by Gasteiger charge is 2.13. The van der Waals surface area contributed by atoms with Crippen molar-refractivity contribution in [2.75, 3.05) is 27.4 Å². The topological polar surface area (TPSA) is 71.0 Å². The molecule has 0 radical (unpaired) electrons. The van der Waals surface area contributed by atoms with Gasteiger partial charge in [-0.05, 0) is 13.0 Å². The summed E-state index contributed by atoms with van der Waals surface area (Å²) in [6.45, 7) is 3.06. The fourth-order valence-electron chi connectivity index (χ4n) is 1.71. The number of ether oxygens (including phenoxy) is 2. The zero-order valence-corrected chi connectivity index (χ0v) is 11.0. The first-order valence-electron chi connectivity index (χ1n) is 5.85. The molecule has 0 bridgehead atoms. The Kier molecular flexibility index (Phi) is 5.91. The van der Waals surface area contributed by atoms with Crippen molar-refractivity contribution in [3.63, 3.8) is 0 Å². The molecule has 5 nitrogen and oxygen atoms in total.